The summed E-state index contributed by atoms with van der Waals surface area (Å²) in [5.74, 6) is 0.911. The summed E-state index contributed by atoms with van der Waals surface area (Å²) < 4.78 is 2.25. The van der Waals surface area contributed by atoms with Gasteiger partial charge in [0.1, 0.15) is 0 Å². The molecule has 2 heterocycles. The van der Waals surface area contributed by atoms with Crippen LogP contribution in [-0.4, -0.2) is 9.55 Å². The first-order chi connectivity index (χ1) is 10.9. The molecular weight excluding hydrogens is 270 g/mol. The lowest BCUT2D eigenvalue weighted by molar-refractivity contribution is 0.937. The highest BCUT2D eigenvalue weighted by atomic mass is 15.2. The van der Waals surface area contributed by atoms with Crippen LogP contribution in [0.15, 0.2) is 54.6 Å². The Labute approximate surface area is 128 Å². The largest absolute Gasteiger partial charge is 0.325 e. The van der Waals surface area contributed by atoms with Crippen molar-refractivity contribution in [2.24, 2.45) is 0 Å². The molecule has 0 atom stereocenters. The molecule has 1 aliphatic carbocycles. The zero-order chi connectivity index (χ0) is 14.5. The molecule has 0 unspecified atom stereocenters. The van der Waals surface area contributed by atoms with Crippen molar-refractivity contribution in [1.29, 1.82) is 0 Å². The van der Waals surface area contributed by atoms with Crippen molar-refractivity contribution in [2.75, 3.05) is 5.32 Å². The van der Waals surface area contributed by atoms with E-state index in [2.05, 4.69) is 70.6 Å². The number of rotatable bonds is 0. The second-order valence-electron chi connectivity index (χ2n) is 5.73. The minimum atomic E-state index is 0.911. The predicted octanol–water partition coefficient (Wildman–Crippen LogP) is 4.56. The molecule has 3 heteroatoms. The maximum absolute atomic E-state index is 4.85. The molecule has 5 rings (SSSR count). The molecule has 0 saturated heterocycles. The molecular formula is C19H15N3. The highest BCUT2D eigenvalue weighted by molar-refractivity contribution is 5.88. The van der Waals surface area contributed by atoms with E-state index in [9.17, 15) is 0 Å². The van der Waals surface area contributed by atoms with Crippen molar-refractivity contribution in [3.63, 3.8) is 0 Å². The monoisotopic (exact) mass is 285 g/mol. The van der Waals surface area contributed by atoms with E-state index in [1.165, 1.54) is 28.2 Å². The van der Waals surface area contributed by atoms with Crippen LogP contribution in [0.2, 0.25) is 0 Å². The zero-order valence-electron chi connectivity index (χ0n) is 12.1. The van der Waals surface area contributed by atoms with E-state index >= 15 is 0 Å². The minimum Gasteiger partial charge on any atom is -0.325 e. The Morgan fingerprint density at radius 2 is 1.77 bits per heavy atom. The fourth-order valence-electron chi connectivity index (χ4n) is 3.42. The molecule has 106 valence electrons. The van der Waals surface area contributed by atoms with Crippen LogP contribution < -0.4 is 5.32 Å². The third kappa shape index (κ3) is 1.53. The van der Waals surface area contributed by atoms with Gasteiger partial charge in [0.25, 0.3) is 0 Å². The number of hydrogen-bond acceptors (Lipinski definition) is 2. The molecule has 1 aromatic heterocycles. The number of fused-ring (bicyclic) bond motifs is 7. The second-order valence-corrected chi connectivity index (χ2v) is 5.73. The van der Waals surface area contributed by atoms with E-state index < -0.39 is 0 Å². The zero-order valence-corrected chi connectivity index (χ0v) is 12.1. The lowest BCUT2D eigenvalue weighted by Crippen LogP contribution is -2.02. The Hall–Kier alpha value is -2.81. The van der Waals surface area contributed by atoms with Crippen molar-refractivity contribution in [3.05, 3.63) is 66.0 Å². The van der Waals surface area contributed by atoms with Gasteiger partial charge in [-0.25, -0.2) is 4.98 Å². The van der Waals surface area contributed by atoms with Crippen LogP contribution in [-0.2, 0) is 6.42 Å². The molecule has 2 aromatic carbocycles. The number of aromatic nitrogens is 2. The molecule has 22 heavy (non-hydrogen) atoms. The highest BCUT2D eigenvalue weighted by Gasteiger charge is 2.24. The minimum absolute atomic E-state index is 0.911. The average molecular weight is 285 g/mol. The maximum atomic E-state index is 4.85. The number of nitrogens with one attached hydrogen (secondary N) is 1. The number of anilines is 2. The third-order valence-corrected chi connectivity index (χ3v) is 4.42. The van der Waals surface area contributed by atoms with Crippen LogP contribution in [0.25, 0.3) is 22.9 Å². The van der Waals surface area contributed by atoms with E-state index in [-0.39, 0.29) is 0 Å². The first-order valence-corrected chi connectivity index (χ1v) is 7.66. The summed E-state index contributed by atoms with van der Waals surface area (Å²) in [6.45, 7) is 0. The van der Waals surface area contributed by atoms with Crippen LogP contribution in [0.1, 0.15) is 17.8 Å². The summed E-state index contributed by atoms with van der Waals surface area (Å²) >= 11 is 0. The van der Waals surface area contributed by atoms with Crippen LogP contribution in [0.5, 0.6) is 0 Å². The van der Waals surface area contributed by atoms with Crippen molar-refractivity contribution in [3.8, 4) is 16.8 Å². The molecule has 0 saturated carbocycles. The summed E-state index contributed by atoms with van der Waals surface area (Å²) in [6.07, 6.45) is 6.51. The summed E-state index contributed by atoms with van der Waals surface area (Å²) in [7, 11) is 0. The number of aryl methyl sites for hydroxylation is 1. The van der Waals surface area contributed by atoms with Gasteiger partial charge in [0.05, 0.1) is 17.1 Å². The average Bonchev–Trinajstić information content (AvgIpc) is 2.86. The van der Waals surface area contributed by atoms with Gasteiger partial charge in [-0.3, -0.25) is 4.57 Å². The normalized spacial score (nSPS) is 14.2. The topological polar surface area (TPSA) is 29.9 Å². The van der Waals surface area contributed by atoms with E-state index in [1.54, 1.807) is 0 Å². The number of para-hydroxylation sites is 2. The van der Waals surface area contributed by atoms with Crippen LogP contribution >= 0.6 is 0 Å². The third-order valence-electron chi connectivity index (χ3n) is 4.42. The van der Waals surface area contributed by atoms with Crippen molar-refractivity contribution in [1.82, 2.24) is 9.55 Å². The van der Waals surface area contributed by atoms with Gasteiger partial charge >= 0.3 is 0 Å². The molecule has 0 radical (unpaired) electrons. The van der Waals surface area contributed by atoms with Crippen molar-refractivity contribution in [2.45, 2.75) is 12.8 Å². The van der Waals surface area contributed by atoms with Gasteiger partial charge in [-0.1, -0.05) is 42.5 Å². The van der Waals surface area contributed by atoms with Gasteiger partial charge in [0, 0.05) is 16.8 Å². The van der Waals surface area contributed by atoms with Crippen LogP contribution in [0, 0.1) is 0 Å². The van der Waals surface area contributed by atoms with E-state index in [0.29, 0.717) is 0 Å². The molecule has 3 nitrogen and oxygen atoms in total. The fraction of sp³-hybridized carbons (Fsp3) is 0.105. The maximum Gasteiger partial charge on any atom is 0.212 e. The summed E-state index contributed by atoms with van der Waals surface area (Å²) in [5.41, 5.74) is 7.14. The number of imidazole rings is 1. The smallest absolute Gasteiger partial charge is 0.212 e. The first kappa shape index (κ1) is 11.8. The van der Waals surface area contributed by atoms with Gasteiger partial charge in [-0.2, -0.15) is 0 Å². The van der Waals surface area contributed by atoms with Crippen LogP contribution in [0.3, 0.4) is 0 Å². The molecule has 1 aliphatic heterocycles. The Kier molecular flexibility index (Phi) is 2.33. The van der Waals surface area contributed by atoms with E-state index in [1.807, 2.05) is 0 Å². The number of benzene rings is 2. The second kappa shape index (κ2) is 4.34. The number of allylic oxidation sites excluding steroid dienone is 1. The Bertz CT molecular complexity index is 918. The molecule has 0 bridgehead atoms. The SMILES string of the molecule is C1=Cc2c(nc3n2-c2ccccc2-c2ccccc2N3)CC1. The van der Waals surface area contributed by atoms with Gasteiger partial charge in [-0.05, 0) is 31.1 Å². The fourth-order valence-corrected chi connectivity index (χ4v) is 3.42. The number of hydrogen-bond donors (Lipinski definition) is 1. The quantitative estimate of drug-likeness (QED) is 0.513. The van der Waals surface area contributed by atoms with Crippen molar-refractivity contribution >= 4 is 17.7 Å². The molecule has 3 aromatic rings. The van der Waals surface area contributed by atoms with Crippen LogP contribution in [0.4, 0.5) is 11.6 Å². The lowest BCUT2D eigenvalue weighted by atomic mass is 10.0. The van der Waals surface area contributed by atoms with E-state index in [4.69, 9.17) is 4.98 Å². The predicted molar refractivity (Wildman–Crippen MR) is 89.6 cm³/mol. The molecule has 1 N–H and O–H groups in total. The van der Waals surface area contributed by atoms with E-state index in [0.717, 1.165) is 24.5 Å². The Morgan fingerprint density at radius 1 is 0.955 bits per heavy atom. The summed E-state index contributed by atoms with van der Waals surface area (Å²) in [4.78, 5) is 4.85. The molecule has 2 aliphatic rings. The van der Waals surface area contributed by atoms with Gasteiger partial charge < -0.3 is 5.32 Å². The van der Waals surface area contributed by atoms with Crippen molar-refractivity contribution < 1.29 is 0 Å². The highest BCUT2D eigenvalue weighted by Crippen LogP contribution is 2.40. The van der Waals surface area contributed by atoms with Gasteiger partial charge in [0.15, 0.2) is 0 Å². The number of nitrogens with zero attached hydrogens (tertiary/aromatic N) is 2. The van der Waals surface area contributed by atoms with Gasteiger partial charge in [-0.15, -0.1) is 0 Å². The molecule has 0 fully saturated rings. The Balaban J connectivity index is 1.89. The first-order valence-electron chi connectivity index (χ1n) is 7.66. The van der Waals surface area contributed by atoms with Gasteiger partial charge in [0.2, 0.25) is 5.95 Å². The summed E-state index contributed by atoms with van der Waals surface area (Å²) in [5, 5.41) is 3.53. The lowest BCUT2D eigenvalue weighted by Gasteiger charge is -2.13. The Morgan fingerprint density at radius 3 is 2.73 bits per heavy atom. The standard InChI is InChI=1S/C19H15N3/c1-3-9-15-13(7-1)14-8-2-5-11-17(14)22-18-12-6-4-10-16(18)21-19(22)20-15/h1-3,5-9,11-12H,4,10H2,(H,20,21). The summed E-state index contributed by atoms with van der Waals surface area (Å²) in [6, 6.07) is 17.0. The molecule has 0 spiro atoms. The molecule has 0 amide bonds.